The van der Waals surface area contributed by atoms with Gasteiger partial charge in [-0.05, 0) is 32.6 Å². The number of unbranched alkanes of at least 4 members (excludes halogenated alkanes) is 2. The van der Waals surface area contributed by atoms with Crippen molar-refractivity contribution < 1.29 is 14.7 Å². The van der Waals surface area contributed by atoms with Crippen LogP contribution in [0.1, 0.15) is 65.7 Å². The Morgan fingerprint density at radius 1 is 1.29 bits per heavy atom. The minimum absolute atomic E-state index is 0.0465. The molecule has 2 N–H and O–H groups in total. The highest BCUT2D eigenvalue weighted by Gasteiger charge is 2.49. The number of carbonyl (C=O) groups excluding carboxylic acids is 1. The zero-order valence-electron chi connectivity index (χ0n) is 13.7. The van der Waals surface area contributed by atoms with Gasteiger partial charge in [-0.3, -0.25) is 14.5 Å². The van der Waals surface area contributed by atoms with Crippen molar-refractivity contribution >= 4 is 11.9 Å². The molecule has 0 aromatic carbocycles. The molecule has 122 valence electrons. The molecule has 0 saturated carbocycles. The van der Waals surface area contributed by atoms with Crippen molar-refractivity contribution in [2.45, 2.75) is 77.3 Å². The van der Waals surface area contributed by atoms with E-state index in [1.165, 1.54) is 0 Å². The lowest BCUT2D eigenvalue weighted by Crippen LogP contribution is -2.57. The molecule has 1 fully saturated rings. The first-order valence-corrected chi connectivity index (χ1v) is 8.27. The standard InChI is InChI=1S/C16H30N2O3/c1-4-6-7-11-17-14(19)13(3)18-12-8-10-16(18,9-5-2)15(20)21/h13H,4-12H2,1-3H3,(H,17,19)(H,20,21). The van der Waals surface area contributed by atoms with Crippen molar-refractivity contribution in [1.29, 1.82) is 0 Å². The number of aliphatic carboxylic acids is 1. The van der Waals surface area contributed by atoms with E-state index < -0.39 is 11.5 Å². The lowest BCUT2D eigenvalue weighted by molar-refractivity contribution is -0.153. The summed E-state index contributed by atoms with van der Waals surface area (Å²) in [6.45, 7) is 7.32. The lowest BCUT2D eigenvalue weighted by atomic mass is 9.89. The molecular weight excluding hydrogens is 268 g/mol. The van der Waals surface area contributed by atoms with E-state index in [9.17, 15) is 14.7 Å². The fourth-order valence-corrected chi connectivity index (χ4v) is 3.36. The molecule has 1 aliphatic rings. The van der Waals surface area contributed by atoms with Gasteiger partial charge in [0.05, 0.1) is 6.04 Å². The molecule has 0 bridgehead atoms. The first-order chi connectivity index (χ1) is 9.99. The van der Waals surface area contributed by atoms with Crippen molar-refractivity contribution in [3.8, 4) is 0 Å². The predicted octanol–water partition coefficient (Wildman–Crippen LogP) is 2.40. The van der Waals surface area contributed by atoms with Gasteiger partial charge in [-0.15, -0.1) is 0 Å². The summed E-state index contributed by atoms with van der Waals surface area (Å²) in [5, 5.41) is 12.6. The van der Waals surface area contributed by atoms with Crippen LogP contribution in [0.15, 0.2) is 0 Å². The van der Waals surface area contributed by atoms with Crippen LogP contribution in [0.2, 0.25) is 0 Å². The van der Waals surface area contributed by atoms with Crippen molar-refractivity contribution in [2.24, 2.45) is 0 Å². The Kier molecular flexibility index (Phi) is 7.15. The molecule has 5 nitrogen and oxygen atoms in total. The van der Waals surface area contributed by atoms with E-state index in [-0.39, 0.29) is 11.9 Å². The Labute approximate surface area is 128 Å². The maximum Gasteiger partial charge on any atom is 0.324 e. The highest BCUT2D eigenvalue weighted by molar-refractivity contribution is 5.84. The van der Waals surface area contributed by atoms with Crippen LogP contribution in [0.5, 0.6) is 0 Å². The number of rotatable bonds is 9. The smallest absolute Gasteiger partial charge is 0.324 e. The van der Waals surface area contributed by atoms with Crippen molar-refractivity contribution in [3.63, 3.8) is 0 Å². The van der Waals surface area contributed by atoms with Crippen LogP contribution in [0.3, 0.4) is 0 Å². The maximum atomic E-state index is 12.3. The molecule has 2 atom stereocenters. The van der Waals surface area contributed by atoms with E-state index >= 15 is 0 Å². The molecule has 1 heterocycles. The zero-order valence-corrected chi connectivity index (χ0v) is 13.7. The molecule has 1 amide bonds. The van der Waals surface area contributed by atoms with E-state index in [4.69, 9.17) is 0 Å². The van der Waals surface area contributed by atoms with Crippen LogP contribution in [-0.4, -0.2) is 46.6 Å². The quantitative estimate of drug-likeness (QED) is 0.641. The van der Waals surface area contributed by atoms with Gasteiger partial charge in [0.2, 0.25) is 5.91 Å². The summed E-state index contributed by atoms with van der Waals surface area (Å²) < 4.78 is 0. The molecule has 5 heteroatoms. The summed E-state index contributed by atoms with van der Waals surface area (Å²) in [6.07, 6.45) is 6.12. The Bertz CT molecular complexity index is 359. The molecular formula is C16H30N2O3. The summed E-state index contributed by atoms with van der Waals surface area (Å²) >= 11 is 0. The molecule has 0 aromatic heterocycles. The summed E-state index contributed by atoms with van der Waals surface area (Å²) in [6, 6.07) is -0.378. The largest absolute Gasteiger partial charge is 0.480 e. The molecule has 1 saturated heterocycles. The van der Waals surface area contributed by atoms with Gasteiger partial charge in [0.15, 0.2) is 0 Å². The summed E-state index contributed by atoms with van der Waals surface area (Å²) in [4.78, 5) is 25.9. The average molecular weight is 298 g/mol. The first-order valence-electron chi connectivity index (χ1n) is 8.27. The first kappa shape index (κ1) is 18.0. The van der Waals surface area contributed by atoms with Gasteiger partial charge >= 0.3 is 5.97 Å². The van der Waals surface area contributed by atoms with Crippen molar-refractivity contribution in [3.05, 3.63) is 0 Å². The number of carbonyl (C=O) groups is 2. The Balaban J connectivity index is 2.68. The molecule has 21 heavy (non-hydrogen) atoms. The third kappa shape index (κ3) is 4.19. The maximum absolute atomic E-state index is 12.3. The molecule has 0 spiro atoms. The fourth-order valence-electron chi connectivity index (χ4n) is 3.36. The van der Waals surface area contributed by atoms with E-state index in [0.717, 1.165) is 32.1 Å². The van der Waals surface area contributed by atoms with Gasteiger partial charge in [-0.1, -0.05) is 33.1 Å². The number of hydrogen-bond acceptors (Lipinski definition) is 3. The van der Waals surface area contributed by atoms with E-state index in [1.54, 1.807) is 0 Å². The van der Waals surface area contributed by atoms with Gasteiger partial charge in [-0.2, -0.15) is 0 Å². The fraction of sp³-hybridized carbons (Fsp3) is 0.875. The predicted molar refractivity (Wildman–Crippen MR) is 83.2 cm³/mol. The zero-order chi connectivity index (χ0) is 15.9. The number of nitrogens with one attached hydrogen (secondary N) is 1. The number of carboxylic acid groups (broad SMARTS) is 1. The van der Waals surface area contributed by atoms with Gasteiger partial charge in [0.25, 0.3) is 0 Å². The average Bonchev–Trinajstić information content (AvgIpc) is 2.88. The number of nitrogens with zero attached hydrogens (tertiary/aromatic N) is 1. The molecule has 0 aromatic rings. The van der Waals surface area contributed by atoms with Crippen LogP contribution in [0.4, 0.5) is 0 Å². The highest BCUT2D eigenvalue weighted by atomic mass is 16.4. The molecule has 2 unspecified atom stereocenters. The van der Waals surface area contributed by atoms with Gasteiger partial charge < -0.3 is 10.4 Å². The van der Waals surface area contributed by atoms with Crippen molar-refractivity contribution in [2.75, 3.05) is 13.1 Å². The highest BCUT2D eigenvalue weighted by Crippen LogP contribution is 2.35. The van der Waals surface area contributed by atoms with Crippen LogP contribution < -0.4 is 5.32 Å². The minimum atomic E-state index is -0.852. The number of amides is 1. The van der Waals surface area contributed by atoms with E-state index in [1.807, 2.05) is 18.7 Å². The monoisotopic (exact) mass is 298 g/mol. The second-order valence-corrected chi connectivity index (χ2v) is 6.06. The second-order valence-electron chi connectivity index (χ2n) is 6.06. The number of likely N-dealkylation sites (tertiary alicyclic amines) is 1. The van der Waals surface area contributed by atoms with Crippen LogP contribution in [0.25, 0.3) is 0 Å². The molecule has 1 rings (SSSR count). The number of carboxylic acids is 1. The summed E-state index contributed by atoms with van der Waals surface area (Å²) in [5.41, 5.74) is -0.852. The molecule has 1 aliphatic heterocycles. The van der Waals surface area contributed by atoms with Crippen LogP contribution in [0, 0.1) is 0 Å². The third-order valence-electron chi connectivity index (χ3n) is 4.53. The Morgan fingerprint density at radius 2 is 2.00 bits per heavy atom. The van der Waals surface area contributed by atoms with Crippen molar-refractivity contribution in [1.82, 2.24) is 10.2 Å². The second kappa shape index (κ2) is 8.37. The van der Waals surface area contributed by atoms with Crippen LogP contribution >= 0.6 is 0 Å². The SMILES string of the molecule is CCCCCNC(=O)C(C)N1CCCC1(CCC)C(=O)O. The third-order valence-corrected chi connectivity index (χ3v) is 4.53. The normalized spacial score (nSPS) is 24.0. The van der Waals surface area contributed by atoms with E-state index in [0.29, 0.717) is 25.9 Å². The summed E-state index contributed by atoms with van der Waals surface area (Å²) in [5.74, 6) is -0.831. The topological polar surface area (TPSA) is 69.6 Å². The van der Waals surface area contributed by atoms with Gasteiger partial charge in [0.1, 0.15) is 5.54 Å². The summed E-state index contributed by atoms with van der Waals surface area (Å²) in [7, 11) is 0. The Hall–Kier alpha value is -1.10. The van der Waals surface area contributed by atoms with E-state index in [2.05, 4.69) is 12.2 Å². The van der Waals surface area contributed by atoms with Gasteiger partial charge in [0, 0.05) is 13.1 Å². The molecule has 0 aliphatic carbocycles. The lowest BCUT2D eigenvalue weighted by Gasteiger charge is -2.38. The molecule has 0 radical (unpaired) electrons. The Morgan fingerprint density at radius 3 is 2.57 bits per heavy atom. The van der Waals surface area contributed by atoms with Crippen LogP contribution in [-0.2, 0) is 9.59 Å². The number of hydrogen-bond donors (Lipinski definition) is 2. The van der Waals surface area contributed by atoms with Gasteiger partial charge in [-0.25, -0.2) is 0 Å². The minimum Gasteiger partial charge on any atom is -0.480 e.